The molecule has 6 nitrogen and oxygen atoms in total. The highest BCUT2D eigenvalue weighted by molar-refractivity contribution is 9.10. The van der Waals surface area contributed by atoms with Crippen LogP contribution < -0.4 is 19.7 Å². The van der Waals surface area contributed by atoms with Crippen LogP contribution in [0.3, 0.4) is 0 Å². The zero-order chi connectivity index (χ0) is 25.8. The van der Waals surface area contributed by atoms with Gasteiger partial charge in [-0.05, 0) is 77.8 Å². The molecule has 3 aromatic rings. The fourth-order valence-corrected chi connectivity index (χ4v) is 5.34. The average Bonchev–Trinajstić information content (AvgIpc) is 3.12. The van der Waals surface area contributed by atoms with E-state index in [1.54, 1.807) is 18.2 Å². The Hall–Kier alpha value is -3.14. The summed E-state index contributed by atoms with van der Waals surface area (Å²) in [5, 5.41) is 2.80. The molecule has 0 aromatic heterocycles. The van der Waals surface area contributed by atoms with Gasteiger partial charge in [-0.2, -0.15) is 0 Å². The van der Waals surface area contributed by atoms with Crippen molar-refractivity contribution in [1.29, 1.82) is 0 Å². The molecular weight excluding hydrogens is 560 g/mol. The fourth-order valence-electron chi connectivity index (χ4n) is 3.47. The van der Waals surface area contributed by atoms with Gasteiger partial charge in [-0.1, -0.05) is 59.4 Å². The van der Waals surface area contributed by atoms with Gasteiger partial charge < -0.3 is 14.8 Å². The molecule has 36 heavy (non-hydrogen) atoms. The zero-order valence-electron chi connectivity index (χ0n) is 19.8. The lowest BCUT2D eigenvalue weighted by molar-refractivity contribution is -0.118. The Morgan fingerprint density at radius 1 is 1.08 bits per heavy atom. The van der Waals surface area contributed by atoms with Crippen LogP contribution in [0.5, 0.6) is 11.5 Å². The Kier molecular flexibility index (Phi) is 8.13. The van der Waals surface area contributed by atoms with Crippen LogP contribution in [-0.2, 0) is 9.59 Å². The van der Waals surface area contributed by atoms with E-state index in [1.807, 2.05) is 62.4 Å². The summed E-state index contributed by atoms with van der Waals surface area (Å²) >= 11 is 10.2. The minimum absolute atomic E-state index is 0.183. The van der Waals surface area contributed by atoms with E-state index in [0.717, 1.165) is 22.4 Å². The molecule has 0 spiro atoms. The van der Waals surface area contributed by atoms with Crippen molar-refractivity contribution in [3.63, 3.8) is 0 Å². The molecule has 1 heterocycles. The highest BCUT2D eigenvalue weighted by Gasteiger charge is 2.33. The highest BCUT2D eigenvalue weighted by Crippen LogP contribution is 2.40. The zero-order valence-corrected chi connectivity index (χ0v) is 23.1. The van der Waals surface area contributed by atoms with E-state index in [9.17, 15) is 9.59 Å². The number of hydrogen-bond acceptors (Lipinski definition) is 6. The van der Waals surface area contributed by atoms with Crippen LogP contribution in [0.4, 0.5) is 11.4 Å². The molecule has 1 N–H and O–H groups in total. The Bertz CT molecular complexity index is 1360. The minimum Gasteiger partial charge on any atom is -0.493 e. The van der Waals surface area contributed by atoms with E-state index in [1.165, 1.54) is 23.8 Å². The maximum absolute atomic E-state index is 13.1. The summed E-state index contributed by atoms with van der Waals surface area (Å²) in [5.41, 5.74) is 4.36. The topological polar surface area (TPSA) is 67.9 Å². The monoisotopic (exact) mass is 582 g/mol. The third-order valence-corrected chi connectivity index (χ3v) is 7.21. The number of hydrogen-bond donors (Lipinski definition) is 1. The molecule has 184 valence electrons. The van der Waals surface area contributed by atoms with Gasteiger partial charge >= 0.3 is 0 Å². The van der Waals surface area contributed by atoms with Crippen LogP contribution in [0, 0.1) is 13.8 Å². The molecule has 0 saturated carbocycles. The lowest BCUT2D eigenvalue weighted by Gasteiger charge is -2.15. The molecule has 1 aliphatic heterocycles. The first-order valence-corrected chi connectivity index (χ1v) is 13.0. The van der Waals surface area contributed by atoms with Crippen molar-refractivity contribution in [2.45, 2.75) is 13.8 Å². The molecule has 9 heteroatoms. The highest BCUT2D eigenvalue weighted by atomic mass is 79.9. The van der Waals surface area contributed by atoms with Crippen molar-refractivity contribution in [1.82, 2.24) is 0 Å². The summed E-state index contributed by atoms with van der Waals surface area (Å²) in [7, 11) is 1.52. The SMILES string of the molecule is COc1cc(/C=C2\SC(=S)N(c3ccc(C)cc3)C2=O)cc(Br)c1OCC(=O)Nc1ccc(C)cc1. The van der Waals surface area contributed by atoms with E-state index in [4.69, 9.17) is 21.7 Å². The Morgan fingerprint density at radius 3 is 2.36 bits per heavy atom. The van der Waals surface area contributed by atoms with Gasteiger partial charge in [0.2, 0.25) is 0 Å². The first-order chi connectivity index (χ1) is 17.2. The normalized spacial score (nSPS) is 14.3. The van der Waals surface area contributed by atoms with E-state index in [2.05, 4.69) is 21.2 Å². The number of aryl methyl sites for hydroxylation is 2. The number of halogens is 1. The van der Waals surface area contributed by atoms with E-state index < -0.39 is 0 Å². The summed E-state index contributed by atoms with van der Waals surface area (Å²) in [6.07, 6.45) is 1.76. The molecule has 0 bridgehead atoms. The molecular formula is C27H23BrN2O4S2. The summed E-state index contributed by atoms with van der Waals surface area (Å²) in [6, 6.07) is 18.7. The molecule has 1 aliphatic rings. The number of ether oxygens (including phenoxy) is 2. The number of nitrogens with zero attached hydrogens (tertiary/aromatic N) is 1. The van der Waals surface area contributed by atoms with E-state index >= 15 is 0 Å². The van der Waals surface area contributed by atoms with Crippen molar-refractivity contribution in [2.24, 2.45) is 0 Å². The molecule has 1 fully saturated rings. The van der Waals surface area contributed by atoms with Gasteiger partial charge in [0.15, 0.2) is 22.4 Å². The summed E-state index contributed by atoms with van der Waals surface area (Å²) in [5.74, 6) is 0.336. The number of anilines is 2. The number of rotatable bonds is 7. The minimum atomic E-state index is -0.295. The third kappa shape index (κ3) is 5.98. The molecule has 0 radical (unpaired) electrons. The van der Waals surface area contributed by atoms with Gasteiger partial charge in [-0.25, -0.2) is 0 Å². The summed E-state index contributed by atoms with van der Waals surface area (Å²) in [4.78, 5) is 27.5. The second-order valence-electron chi connectivity index (χ2n) is 8.09. The van der Waals surface area contributed by atoms with Gasteiger partial charge in [-0.3, -0.25) is 14.5 Å². The van der Waals surface area contributed by atoms with Crippen molar-refractivity contribution >= 4 is 73.5 Å². The van der Waals surface area contributed by atoms with Crippen molar-refractivity contribution < 1.29 is 19.1 Å². The fraction of sp³-hybridized carbons (Fsp3) is 0.148. The molecule has 4 rings (SSSR count). The number of thioether (sulfide) groups is 1. The predicted octanol–water partition coefficient (Wildman–Crippen LogP) is 6.50. The Labute approximate surface area is 227 Å². The lowest BCUT2D eigenvalue weighted by Crippen LogP contribution is -2.27. The van der Waals surface area contributed by atoms with Gasteiger partial charge in [0.25, 0.3) is 11.8 Å². The van der Waals surface area contributed by atoms with Crippen LogP contribution >= 0.6 is 39.9 Å². The Balaban J connectivity index is 1.49. The number of carbonyl (C=O) groups is 2. The molecule has 0 unspecified atom stereocenters. The van der Waals surface area contributed by atoms with E-state index in [0.29, 0.717) is 30.9 Å². The van der Waals surface area contributed by atoms with Crippen molar-refractivity contribution in [2.75, 3.05) is 23.9 Å². The largest absolute Gasteiger partial charge is 0.493 e. The summed E-state index contributed by atoms with van der Waals surface area (Å²) in [6.45, 7) is 3.77. The molecule has 2 amide bonds. The van der Waals surface area contributed by atoms with Crippen LogP contribution in [-0.4, -0.2) is 29.9 Å². The standard InChI is InChI=1S/C27H23BrN2O4S2/c1-16-4-8-19(9-5-16)29-24(31)15-34-25-21(28)12-18(13-22(25)33-3)14-23-26(32)30(27(35)36-23)20-10-6-17(2)7-11-20/h4-14H,15H2,1-3H3,(H,29,31)/b23-14-. The third-order valence-electron chi connectivity index (χ3n) is 5.32. The Morgan fingerprint density at radius 2 is 1.72 bits per heavy atom. The number of nitrogens with one attached hydrogen (secondary N) is 1. The first-order valence-electron chi connectivity index (χ1n) is 11.0. The molecule has 0 aliphatic carbocycles. The number of thiocarbonyl (C=S) groups is 1. The van der Waals surface area contributed by atoms with E-state index in [-0.39, 0.29) is 18.4 Å². The number of benzene rings is 3. The van der Waals surface area contributed by atoms with Gasteiger partial charge in [0.05, 0.1) is 22.2 Å². The molecule has 3 aromatic carbocycles. The second kappa shape index (κ2) is 11.3. The second-order valence-corrected chi connectivity index (χ2v) is 10.6. The maximum Gasteiger partial charge on any atom is 0.270 e. The first kappa shape index (κ1) is 25.9. The number of methoxy groups -OCH3 is 1. The van der Waals surface area contributed by atoms with Gasteiger partial charge in [-0.15, -0.1) is 0 Å². The number of carbonyl (C=O) groups excluding carboxylic acids is 2. The van der Waals surface area contributed by atoms with Gasteiger partial charge in [0, 0.05) is 5.69 Å². The average molecular weight is 584 g/mol. The van der Waals surface area contributed by atoms with Crippen LogP contribution in [0.1, 0.15) is 16.7 Å². The predicted molar refractivity (Wildman–Crippen MR) is 153 cm³/mol. The van der Waals surface area contributed by atoms with Crippen LogP contribution in [0.15, 0.2) is 70.0 Å². The quantitative estimate of drug-likeness (QED) is 0.253. The molecule has 0 atom stereocenters. The van der Waals surface area contributed by atoms with Crippen LogP contribution in [0.25, 0.3) is 6.08 Å². The van der Waals surface area contributed by atoms with Crippen LogP contribution in [0.2, 0.25) is 0 Å². The van der Waals surface area contributed by atoms with Crippen molar-refractivity contribution in [3.05, 3.63) is 86.7 Å². The smallest absolute Gasteiger partial charge is 0.270 e. The lowest BCUT2D eigenvalue weighted by atomic mass is 10.1. The summed E-state index contributed by atoms with van der Waals surface area (Å²) < 4.78 is 12.3. The maximum atomic E-state index is 13.1. The van der Waals surface area contributed by atoms with Crippen molar-refractivity contribution in [3.8, 4) is 11.5 Å². The number of amides is 2. The van der Waals surface area contributed by atoms with Gasteiger partial charge in [0.1, 0.15) is 0 Å². The molecule has 1 saturated heterocycles.